The predicted molar refractivity (Wildman–Crippen MR) is 81.9 cm³/mol. The number of carbonyl (C=O) groups excluding carboxylic acids is 3. The van der Waals surface area contributed by atoms with Gasteiger partial charge in [0, 0.05) is 6.54 Å². The van der Waals surface area contributed by atoms with Crippen LogP contribution in [0.3, 0.4) is 0 Å². The molecule has 0 saturated carbocycles. The number of carbonyl (C=O) groups is 3. The molecule has 1 heterocycles. The summed E-state index contributed by atoms with van der Waals surface area (Å²) in [6.07, 6.45) is 1.94. The number of hydrogen-bond donors (Lipinski definition) is 2. The summed E-state index contributed by atoms with van der Waals surface area (Å²) >= 11 is 0. The van der Waals surface area contributed by atoms with Crippen LogP contribution in [0.1, 0.15) is 18.9 Å². The summed E-state index contributed by atoms with van der Waals surface area (Å²) in [4.78, 5) is 37.6. The fraction of sp³-hybridized carbons (Fsp3) is 0.312. The van der Waals surface area contributed by atoms with Crippen LogP contribution in [0.2, 0.25) is 0 Å². The predicted octanol–water partition coefficient (Wildman–Crippen LogP) is 1.15. The molecule has 1 atom stereocenters. The molecule has 1 aromatic carbocycles. The van der Waals surface area contributed by atoms with Crippen molar-refractivity contribution in [3.05, 3.63) is 48.6 Å². The van der Waals surface area contributed by atoms with E-state index in [2.05, 4.69) is 17.2 Å². The molecule has 0 bridgehead atoms. The van der Waals surface area contributed by atoms with E-state index >= 15 is 0 Å². The van der Waals surface area contributed by atoms with Crippen molar-refractivity contribution in [2.24, 2.45) is 0 Å². The van der Waals surface area contributed by atoms with Gasteiger partial charge in [0.2, 0.25) is 5.91 Å². The Kier molecular flexibility index (Phi) is 4.60. The fourth-order valence-corrected chi connectivity index (χ4v) is 2.52. The Labute approximate surface area is 129 Å². The van der Waals surface area contributed by atoms with E-state index in [0.717, 1.165) is 4.90 Å². The SMILES string of the molecule is C=CCNC(=O)CN1C(=O)N[C@](CC)(c2ccccc2)C1=O. The smallest absolute Gasteiger partial charge is 0.325 e. The summed E-state index contributed by atoms with van der Waals surface area (Å²) in [7, 11) is 0. The minimum atomic E-state index is -1.10. The minimum Gasteiger partial charge on any atom is -0.351 e. The van der Waals surface area contributed by atoms with Crippen molar-refractivity contribution in [2.45, 2.75) is 18.9 Å². The van der Waals surface area contributed by atoms with Crippen LogP contribution in [0.5, 0.6) is 0 Å². The van der Waals surface area contributed by atoms with E-state index in [4.69, 9.17) is 0 Å². The van der Waals surface area contributed by atoms with Gasteiger partial charge in [-0.25, -0.2) is 4.79 Å². The van der Waals surface area contributed by atoms with Gasteiger partial charge in [0.15, 0.2) is 0 Å². The molecule has 0 aliphatic carbocycles. The van der Waals surface area contributed by atoms with Crippen molar-refractivity contribution in [1.82, 2.24) is 15.5 Å². The van der Waals surface area contributed by atoms with Crippen molar-refractivity contribution in [1.29, 1.82) is 0 Å². The molecule has 1 aromatic rings. The third kappa shape index (κ3) is 2.72. The molecule has 1 aliphatic heterocycles. The van der Waals surface area contributed by atoms with E-state index in [9.17, 15) is 14.4 Å². The van der Waals surface area contributed by atoms with E-state index in [-0.39, 0.29) is 6.54 Å². The zero-order valence-electron chi connectivity index (χ0n) is 12.5. The maximum absolute atomic E-state index is 12.7. The lowest BCUT2D eigenvalue weighted by molar-refractivity contribution is -0.135. The molecule has 22 heavy (non-hydrogen) atoms. The first-order valence-electron chi connectivity index (χ1n) is 7.12. The largest absolute Gasteiger partial charge is 0.351 e. The second-order valence-corrected chi connectivity index (χ2v) is 5.04. The van der Waals surface area contributed by atoms with Crippen LogP contribution in [0.15, 0.2) is 43.0 Å². The number of nitrogens with one attached hydrogen (secondary N) is 2. The van der Waals surface area contributed by atoms with Crippen molar-refractivity contribution >= 4 is 17.8 Å². The van der Waals surface area contributed by atoms with Gasteiger partial charge >= 0.3 is 6.03 Å². The van der Waals surface area contributed by atoms with E-state index in [0.29, 0.717) is 18.5 Å². The molecule has 1 saturated heterocycles. The third-order valence-electron chi connectivity index (χ3n) is 3.72. The summed E-state index contributed by atoms with van der Waals surface area (Å²) in [5, 5.41) is 5.29. The second-order valence-electron chi connectivity index (χ2n) is 5.04. The lowest BCUT2D eigenvalue weighted by Crippen LogP contribution is -2.44. The average molecular weight is 301 g/mol. The first kappa shape index (κ1) is 15.8. The van der Waals surface area contributed by atoms with Gasteiger partial charge in [-0.2, -0.15) is 0 Å². The fourth-order valence-electron chi connectivity index (χ4n) is 2.52. The van der Waals surface area contributed by atoms with Crippen molar-refractivity contribution < 1.29 is 14.4 Å². The highest BCUT2D eigenvalue weighted by atomic mass is 16.2. The first-order chi connectivity index (χ1) is 10.5. The number of benzene rings is 1. The molecule has 0 unspecified atom stereocenters. The second kappa shape index (κ2) is 6.43. The molecule has 6 heteroatoms. The number of imide groups is 1. The summed E-state index contributed by atoms with van der Waals surface area (Å²) in [6.45, 7) is 5.31. The standard InChI is InChI=1S/C16H19N3O3/c1-3-10-17-13(20)11-19-14(21)16(4-2,18-15(19)22)12-8-6-5-7-9-12/h3,5-9H,1,4,10-11H2,2H3,(H,17,20)(H,18,22)/t16-/m1/s1. The van der Waals surface area contributed by atoms with Gasteiger partial charge in [-0.1, -0.05) is 43.3 Å². The Morgan fingerprint density at radius 3 is 2.64 bits per heavy atom. The van der Waals surface area contributed by atoms with Gasteiger partial charge in [0.05, 0.1) is 0 Å². The number of amides is 4. The van der Waals surface area contributed by atoms with Crippen LogP contribution in [-0.4, -0.2) is 35.8 Å². The van der Waals surface area contributed by atoms with Crippen LogP contribution in [0, 0.1) is 0 Å². The Morgan fingerprint density at radius 2 is 2.05 bits per heavy atom. The van der Waals surface area contributed by atoms with Crippen molar-refractivity contribution in [3.8, 4) is 0 Å². The number of hydrogen-bond acceptors (Lipinski definition) is 3. The van der Waals surface area contributed by atoms with Crippen molar-refractivity contribution in [2.75, 3.05) is 13.1 Å². The Hall–Kier alpha value is -2.63. The lowest BCUT2D eigenvalue weighted by atomic mass is 9.87. The Bertz CT molecular complexity index is 600. The van der Waals surface area contributed by atoms with E-state index < -0.39 is 23.4 Å². The molecular formula is C16H19N3O3. The third-order valence-corrected chi connectivity index (χ3v) is 3.72. The maximum atomic E-state index is 12.7. The monoisotopic (exact) mass is 301 g/mol. The number of rotatable bonds is 6. The van der Waals surface area contributed by atoms with Crippen molar-refractivity contribution in [3.63, 3.8) is 0 Å². The quantitative estimate of drug-likeness (QED) is 0.611. The van der Waals surface area contributed by atoms with Crippen LogP contribution < -0.4 is 10.6 Å². The van der Waals surface area contributed by atoms with Gasteiger partial charge in [-0.15, -0.1) is 6.58 Å². The molecule has 2 rings (SSSR count). The van der Waals surface area contributed by atoms with Crippen LogP contribution in [0.25, 0.3) is 0 Å². The number of urea groups is 1. The topological polar surface area (TPSA) is 78.5 Å². The van der Waals surface area contributed by atoms with E-state index in [1.807, 2.05) is 25.1 Å². The van der Waals surface area contributed by atoms with Gasteiger partial charge in [-0.05, 0) is 12.0 Å². The van der Waals surface area contributed by atoms with Gasteiger partial charge < -0.3 is 10.6 Å². The molecule has 4 amide bonds. The highest BCUT2D eigenvalue weighted by Gasteiger charge is 2.51. The average Bonchev–Trinajstić information content (AvgIpc) is 2.79. The van der Waals surface area contributed by atoms with Gasteiger partial charge in [-0.3, -0.25) is 14.5 Å². The molecule has 1 aliphatic rings. The van der Waals surface area contributed by atoms with Gasteiger partial charge in [0.25, 0.3) is 5.91 Å². The van der Waals surface area contributed by atoms with E-state index in [1.165, 1.54) is 6.08 Å². The molecule has 0 spiro atoms. The highest BCUT2D eigenvalue weighted by molar-refractivity contribution is 6.09. The molecule has 2 N–H and O–H groups in total. The summed E-state index contributed by atoms with van der Waals surface area (Å²) in [5.74, 6) is -0.802. The summed E-state index contributed by atoms with van der Waals surface area (Å²) in [5.41, 5.74) is -0.387. The maximum Gasteiger partial charge on any atom is 0.325 e. The Balaban J connectivity index is 2.23. The summed E-state index contributed by atoms with van der Waals surface area (Å²) < 4.78 is 0. The zero-order chi connectivity index (χ0) is 16.2. The Morgan fingerprint density at radius 1 is 1.36 bits per heavy atom. The molecule has 0 radical (unpaired) electrons. The van der Waals surface area contributed by atoms with Gasteiger partial charge in [0.1, 0.15) is 12.1 Å². The van der Waals surface area contributed by atoms with Crippen LogP contribution >= 0.6 is 0 Å². The van der Waals surface area contributed by atoms with Crippen LogP contribution in [0.4, 0.5) is 4.79 Å². The zero-order valence-corrected chi connectivity index (χ0v) is 12.5. The number of nitrogens with zero attached hydrogens (tertiary/aromatic N) is 1. The molecule has 116 valence electrons. The lowest BCUT2D eigenvalue weighted by Gasteiger charge is -2.25. The van der Waals surface area contributed by atoms with Crippen LogP contribution in [-0.2, 0) is 15.1 Å². The molecule has 6 nitrogen and oxygen atoms in total. The molecular weight excluding hydrogens is 282 g/mol. The molecule has 0 aromatic heterocycles. The normalized spacial score (nSPS) is 20.7. The first-order valence-corrected chi connectivity index (χ1v) is 7.12. The minimum absolute atomic E-state index is 0.292. The molecule has 1 fully saturated rings. The highest BCUT2D eigenvalue weighted by Crippen LogP contribution is 2.32. The van der Waals surface area contributed by atoms with E-state index in [1.54, 1.807) is 12.1 Å². The summed E-state index contributed by atoms with van der Waals surface area (Å²) in [6, 6.07) is 8.50.